The minimum absolute atomic E-state index is 0.0968. The van der Waals surface area contributed by atoms with Crippen molar-refractivity contribution in [1.29, 1.82) is 0 Å². The van der Waals surface area contributed by atoms with Crippen molar-refractivity contribution in [3.63, 3.8) is 0 Å². The molecule has 0 aromatic rings. The van der Waals surface area contributed by atoms with Gasteiger partial charge in [-0.05, 0) is 13.3 Å². The third-order valence-electron chi connectivity index (χ3n) is 2.21. The van der Waals surface area contributed by atoms with E-state index in [-0.39, 0.29) is 12.6 Å². The van der Waals surface area contributed by atoms with Gasteiger partial charge >= 0.3 is 12.0 Å². The Kier molecular flexibility index (Phi) is 7.53. The highest BCUT2D eigenvalue weighted by Gasteiger charge is 2.16. The molecule has 0 bridgehead atoms. The Morgan fingerprint density at radius 2 is 2.00 bits per heavy atom. The molecule has 0 fully saturated rings. The average molecular weight is 264 g/mol. The number of hydrogen-bond acceptors (Lipinski definition) is 3. The summed E-state index contributed by atoms with van der Waals surface area (Å²) in [4.78, 5) is 22.1. The summed E-state index contributed by atoms with van der Waals surface area (Å²) in [6.07, 6.45) is 2.03. The Morgan fingerprint density at radius 3 is 2.41 bits per heavy atom. The molecule has 0 aliphatic heterocycles. The second kappa shape index (κ2) is 8.05. The van der Waals surface area contributed by atoms with Crippen LogP contribution in [-0.2, 0) is 15.6 Å². The lowest BCUT2D eigenvalue weighted by Crippen LogP contribution is -2.45. The molecular weight excluding hydrogens is 244 g/mol. The summed E-state index contributed by atoms with van der Waals surface area (Å²) in [6.45, 7) is 3.59. The molecule has 0 saturated carbocycles. The van der Waals surface area contributed by atoms with E-state index in [1.807, 2.05) is 0 Å². The summed E-state index contributed by atoms with van der Waals surface area (Å²) in [5.74, 6) is -1.12. The Balaban J connectivity index is 3.94. The summed E-state index contributed by atoms with van der Waals surface area (Å²) in [7, 11) is -0.970. The van der Waals surface area contributed by atoms with Crippen LogP contribution in [0.15, 0.2) is 0 Å². The number of hydrogen-bond donors (Lipinski definition) is 3. The lowest BCUT2D eigenvalue weighted by Gasteiger charge is -2.15. The molecule has 0 aliphatic carbocycles. The molecule has 3 unspecified atom stereocenters. The second-order valence-corrected chi connectivity index (χ2v) is 5.42. The summed E-state index contributed by atoms with van der Waals surface area (Å²) >= 11 is 0. The molecule has 0 aliphatic rings. The first-order valence-electron chi connectivity index (χ1n) is 5.44. The highest BCUT2D eigenvalue weighted by Crippen LogP contribution is 2.00. The largest absolute Gasteiger partial charge is 0.481 e. The summed E-state index contributed by atoms with van der Waals surface area (Å²) in [5.41, 5.74) is 0. The van der Waals surface area contributed by atoms with Crippen LogP contribution in [0.1, 0.15) is 20.3 Å². The maximum absolute atomic E-state index is 11.4. The standard InChI is InChI=1S/C10H20N2O4S/c1-4-8(9(13)14)5-11-10(15)12-7(2)6-17(3)16/h7-8H,4-6H2,1-3H3,(H,13,14)(H2,11,12,15). The minimum Gasteiger partial charge on any atom is -0.481 e. The molecule has 3 atom stereocenters. The molecule has 0 saturated heterocycles. The van der Waals surface area contributed by atoms with Crippen molar-refractivity contribution in [2.24, 2.45) is 5.92 Å². The molecule has 0 aromatic heterocycles. The lowest BCUT2D eigenvalue weighted by atomic mass is 10.1. The normalized spacial score (nSPS) is 15.7. The van der Waals surface area contributed by atoms with E-state index in [0.29, 0.717) is 12.2 Å². The predicted octanol–water partition coefficient (Wildman–Crippen LogP) is 0.163. The van der Waals surface area contributed by atoms with Gasteiger partial charge in [-0.25, -0.2) is 4.79 Å². The van der Waals surface area contributed by atoms with E-state index < -0.39 is 28.7 Å². The van der Waals surface area contributed by atoms with Gasteiger partial charge in [0, 0.05) is 35.4 Å². The molecule has 17 heavy (non-hydrogen) atoms. The minimum atomic E-state index is -0.970. The molecule has 0 aromatic carbocycles. The molecule has 0 radical (unpaired) electrons. The van der Waals surface area contributed by atoms with E-state index in [4.69, 9.17) is 5.11 Å². The number of nitrogens with one attached hydrogen (secondary N) is 2. The van der Waals surface area contributed by atoms with Crippen LogP contribution in [0.25, 0.3) is 0 Å². The van der Waals surface area contributed by atoms with Gasteiger partial charge < -0.3 is 15.7 Å². The summed E-state index contributed by atoms with van der Waals surface area (Å²) < 4.78 is 10.9. The molecule has 0 rings (SSSR count). The Hall–Kier alpha value is -1.11. The molecule has 0 heterocycles. The quantitative estimate of drug-likeness (QED) is 0.610. The number of aliphatic carboxylic acids is 1. The Bertz CT molecular complexity index is 296. The molecular formula is C10H20N2O4S. The highest BCUT2D eigenvalue weighted by molar-refractivity contribution is 7.84. The van der Waals surface area contributed by atoms with E-state index in [9.17, 15) is 13.8 Å². The SMILES string of the molecule is CCC(CNC(=O)NC(C)CS(C)=O)C(=O)O. The number of amides is 2. The molecule has 3 N–H and O–H groups in total. The molecule has 0 spiro atoms. The lowest BCUT2D eigenvalue weighted by molar-refractivity contribution is -0.141. The number of rotatable bonds is 7. The second-order valence-electron chi connectivity index (χ2n) is 3.94. The molecule has 2 amide bonds. The van der Waals surface area contributed by atoms with Gasteiger partial charge in [-0.3, -0.25) is 9.00 Å². The van der Waals surface area contributed by atoms with E-state index in [1.54, 1.807) is 20.1 Å². The van der Waals surface area contributed by atoms with E-state index in [0.717, 1.165) is 0 Å². The first-order valence-corrected chi connectivity index (χ1v) is 7.16. The van der Waals surface area contributed by atoms with Crippen molar-refractivity contribution >= 4 is 22.8 Å². The smallest absolute Gasteiger partial charge is 0.315 e. The van der Waals surface area contributed by atoms with Crippen LogP contribution >= 0.6 is 0 Å². The van der Waals surface area contributed by atoms with E-state index in [1.165, 1.54) is 0 Å². The van der Waals surface area contributed by atoms with Crippen molar-refractivity contribution in [2.45, 2.75) is 26.3 Å². The fraction of sp³-hybridized carbons (Fsp3) is 0.800. The van der Waals surface area contributed by atoms with Crippen LogP contribution in [0.3, 0.4) is 0 Å². The third-order valence-corrected chi connectivity index (χ3v) is 3.18. The van der Waals surface area contributed by atoms with Crippen LogP contribution < -0.4 is 10.6 Å². The highest BCUT2D eigenvalue weighted by atomic mass is 32.2. The van der Waals surface area contributed by atoms with E-state index >= 15 is 0 Å². The van der Waals surface area contributed by atoms with Gasteiger partial charge in [0.05, 0.1) is 5.92 Å². The third kappa shape index (κ3) is 7.73. The van der Waals surface area contributed by atoms with Crippen molar-refractivity contribution < 1.29 is 18.9 Å². The molecule has 7 heteroatoms. The first kappa shape index (κ1) is 15.9. The van der Waals surface area contributed by atoms with Crippen LogP contribution in [0.2, 0.25) is 0 Å². The first-order chi connectivity index (χ1) is 7.86. The van der Waals surface area contributed by atoms with Gasteiger partial charge in [-0.15, -0.1) is 0 Å². The van der Waals surface area contributed by atoms with Crippen LogP contribution in [-0.4, -0.2) is 45.9 Å². The maximum atomic E-state index is 11.4. The molecule has 6 nitrogen and oxygen atoms in total. The monoisotopic (exact) mass is 264 g/mol. The number of carbonyl (C=O) groups is 2. The Morgan fingerprint density at radius 1 is 1.41 bits per heavy atom. The number of carboxylic acids is 1. The van der Waals surface area contributed by atoms with Crippen molar-refractivity contribution in [1.82, 2.24) is 10.6 Å². The van der Waals surface area contributed by atoms with Crippen molar-refractivity contribution in [2.75, 3.05) is 18.6 Å². The zero-order valence-corrected chi connectivity index (χ0v) is 11.2. The summed E-state index contributed by atoms with van der Waals surface area (Å²) in [6, 6.07) is -0.631. The van der Waals surface area contributed by atoms with Crippen LogP contribution in [0, 0.1) is 5.92 Å². The van der Waals surface area contributed by atoms with E-state index in [2.05, 4.69) is 10.6 Å². The Labute approximate surface area is 104 Å². The van der Waals surface area contributed by atoms with Crippen LogP contribution in [0.4, 0.5) is 4.79 Å². The van der Waals surface area contributed by atoms with Crippen LogP contribution in [0.5, 0.6) is 0 Å². The zero-order chi connectivity index (χ0) is 13.4. The fourth-order valence-corrected chi connectivity index (χ4v) is 2.08. The number of carbonyl (C=O) groups excluding carboxylic acids is 1. The zero-order valence-electron chi connectivity index (χ0n) is 10.4. The van der Waals surface area contributed by atoms with Crippen molar-refractivity contribution in [3.05, 3.63) is 0 Å². The predicted molar refractivity (Wildman–Crippen MR) is 66.3 cm³/mol. The average Bonchev–Trinajstić information content (AvgIpc) is 2.16. The number of carboxylic acid groups (broad SMARTS) is 1. The molecule has 100 valence electrons. The van der Waals surface area contributed by atoms with Gasteiger partial charge in [0.1, 0.15) is 0 Å². The fourth-order valence-electron chi connectivity index (χ4n) is 1.29. The number of urea groups is 1. The van der Waals surface area contributed by atoms with Crippen molar-refractivity contribution in [3.8, 4) is 0 Å². The van der Waals surface area contributed by atoms with Gasteiger partial charge in [0.2, 0.25) is 0 Å². The van der Waals surface area contributed by atoms with Gasteiger partial charge in [-0.1, -0.05) is 6.92 Å². The maximum Gasteiger partial charge on any atom is 0.315 e. The van der Waals surface area contributed by atoms with Gasteiger partial charge in [-0.2, -0.15) is 0 Å². The summed E-state index contributed by atoms with van der Waals surface area (Å²) in [5, 5.41) is 13.9. The topological polar surface area (TPSA) is 95.5 Å². The van der Waals surface area contributed by atoms with Gasteiger partial charge in [0.25, 0.3) is 0 Å². The van der Waals surface area contributed by atoms with Gasteiger partial charge in [0.15, 0.2) is 0 Å².